The van der Waals surface area contributed by atoms with E-state index in [-0.39, 0.29) is 51.2 Å². The average molecular weight is 1380 g/mol. The van der Waals surface area contributed by atoms with E-state index in [4.69, 9.17) is 22.9 Å². The summed E-state index contributed by atoms with van der Waals surface area (Å²) in [5.74, 6) is -15.9. The number of nitrogens with two attached hydrogens (primary N) is 4. The van der Waals surface area contributed by atoms with Crippen LogP contribution in [0.3, 0.4) is 0 Å². The highest BCUT2D eigenvalue weighted by Gasteiger charge is 2.38. The van der Waals surface area contributed by atoms with Gasteiger partial charge in [0.2, 0.25) is 70.9 Å². The number of aliphatic hydroxyl groups excluding tert-OH is 2. The highest BCUT2D eigenvalue weighted by molar-refractivity contribution is 6.00. The Morgan fingerprint density at radius 1 is 0.469 bits per heavy atom. The Kier molecular flexibility index (Phi) is 34.9. The molecule has 25 N–H and O–H groups in total. The number of hydrogen-bond donors (Lipinski definition) is 21. The summed E-state index contributed by atoms with van der Waals surface area (Å²) in [6, 6.07) is -2.81. The van der Waals surface area contributed by atoms with Gasteiger partial charge in [-0.05, 0) is 74.2 Å². The molecule has 1 heterocycles. The van der Waals surface area contributed by atoms with Gasteiger partial charge < -0.3 is 112 Å². The molecule has 0 fully saturated rings. The first-order valence-electron chi connectivity index (χ1n) is 32.1. The average Bonchev–Trinajstić information content (AvgIpc) is 1.62. The summed E-state index contributed by atoms with van der Waals surface area (Å²) in [4.78, 5) is 191. The molecule has 0 bridgehead atoms. The number of amides is 12. The van der Waals surface area contributed by atoms with E-state index in [2.05, 4.69) is 68.8 Å². The standard InChI is InChI=1S/C63H97N17O18/c1-8-33(6)51(62(96)70-34(7)63(97)98)80-61(95)50(32(4)5)79-55(89)39(18-19-48(84)85)72-56(90)42(24-35-14-10-9-11-15-35)75-54(88)41(21-23-65)73-53(87)40(20-22-64)74-59(93)46(30-82)78-57(91)43(25-36-27-68-38-17-13-12-16-37(36)38)76-58(92)45(29-81)71-47(83)28-69-52(86)44(26-66)77-60(94)49(67)31(2)3/h9-17,27,31-34,39-46,49-51,68,81-82H,8,18-26,28-30,64-67H2,1-7H3,(H,69,86)(H,70,96)(H,71,83)(H,72,90)(H,73,87)(H,74,93)(H,75,88)(H,76,92)(H,77,94)(H,78,91)(H,79,89)(H,80,95)(H,84,85)(H,97,98)/t33-,34-,39-,40-,41+,42-,43+,44+,45+,46-,49+,50-,51+/m0/s1. The molecule has 3 aromatic rings. The third kappa shape index (κ3) is 26.4. The minimum Gasteiger partial charge on any atom is -0.481 e. The van der Waals surface area contributed by atoms with E-state index in [1.54, 1.807) is 102 Å². The maximum Gasteiger partial charge on any atom is 0.325 e. The van der Waals surface area contributed by atoms with Crippen molar-refractivity contribution in [3.63, 3.8) is 0 Å². The first-order chi connectivity index (χ1) is 46.3. The predicted molar refractivity (Wildman–Crippen MR) is 354 cm³/mol. The van der Waals surface area contributed by atoms with Gasteiger partial charge in [0.05, 0.1) is 25.8 Å². The number of rotatable bonds is 43. The van der Waals surface area contributed by atoms with Gasteiger partial charge >= 0.3 is 11.9 Å². The molecule has 35 heteroatoms. The second-order valence-electron chi connectivity index (χ2n) is 24.1. The molecule has 0 saturated heterocycles. The number of aromatic nitrogens is 1. The van der Waals surface area contributed by atoms with Crippen molar-refractivity contribution in [2.45, 2.75) is 166 Å². The largest absolute Gasteiger partial charge is 0.481 e. The smallest absolute Gasteiger partial charge is 0.325 e. The van der Waals surface area contributed by atoms with Crippen molar-refractivity contribution in [2.24, 2.45) is 40.7 Å². The van der Waals surface area contributed by atoms with Crippen LogP contribution in [-0.2, 0) is 80.0 Å². The van der Waals surface area contributed by atoms with Crippen molar-refractivity contribution < 1.29 is 87.5 Å². The number of carboxylic acid groups (broad SMARTS) is 2. The fourth-order valence-corrected chi connectivity index (χ4v) is 9.66. The molecule has 2 aromatic carbocycles. The van der Waals surface area contributed by atoms with Crippen LogP contribution in [0, 0.1) is 17.8 Å². The van der Waals surface area contributed by atoms with Gasteiger partial charge in [0.1, 0.15) is 66.5 Å². The summed E-state index contributed by atoms with van der Waals surface area (Å²) in [5, 5.41) is 69.6. The monoisotopic (exact) mass is 1380 g/mol. The van der Waals surface area contributed by atoms with Gasteiger partial charge in [-0.15, -0.1) is 0 Å². The molecule has 3 rings (SSSR count). The van der Waals surface area contributed by atoms with E-state index in [9.17, 15) is 87.5 Å². The summed E-state index contributed by atoms with van der Waals surface area (Å²) in [7, 11) is 0. The molecule has 98 heavy (non-hydrogen) atoms. The molecule has 0 aliphatic heterocycles. The van der Waals surface area contributed by atoms with Gasteiger partial charge in [-0.25, -0.2) is 0 Å². The molecule has 0 aliphatic carbocycles. The van der Waals surface area contributed by atoms with Crippen LogP contribution in [0.25, 0.3) is 10.9 Å². The Bertz CT molecular complexity index is 3220. The lowest BCUT2D eigenvalue weighted by Gasteiger charge is -2.30. The van der Waals surface area contributed by atoms with Crippen molar-refractivity contribution in [2.75, 3.05) is 39.4 Å². The number of aliphatic carboxylic acids is 2. The van der Waals surface area contributed by atoms with E-state index >= 15 is 0 Å². The number of fused-ring (bicyclic) bond motifs is 1. The van der Waals surface area contributed by atoms with E-state index in [0.717, 1.165) is 0 Å². The number of carbonyl (C=O) groups is 14. The van der Waals surface area contributed by atoms with Crippen molar-refractivity contribution in [3.8, 4) is 0 Å². The van der Waals surface area contributed by atoms with Crippen LogP contribution in [0.4, 0.5) is 0 Å². The molecule has 0 radical (unpaired) electrons. The van der Waals surface area contributed by atoms with Crippen LogP contribution in [0.5, 0.6) is 0 Å². The molecule has 0 spiro atoms. The van der Waals surface area contributed by atoms with E-state index in [1.165, 1.54) is 6.92 Å². The minimum absolute atomic E-state index is 0.251. The second-order valence-corrected chi connectivity index (χ2v) is 24.1. The van der Waals surface area contributed by atoms with Crippen LogP contribution >= 0.6 is 0 Å². The molecule has 1 aromatic heterocycles. The summed E-state index contributed by atoms with van der Waals surface area (Å²) in [6.07, 6.45) is -0.457. The molecule has 13 atom stereocenters. The zero-order valence-corrected chi connectivity index (χ0v) is 55.9. The van der Waals surface area contributed by atoms with Gasteiger partial charge in [-0.2, -0.15) is 0 Å². The highest BCUT2D eigenvalue weighted by atomic mass is 16.4. The second kappa shape index (κ2) is 41.4. The van der Waals surface area contributed by atoms with Gasteiger partial charge in [0.25, 0.3) is 0 Å². The van der Waals surface area contributed by atoms with E-state index in [0.29, 0.717) is 28.5 Å². The minimum atomic E-state index is -1.86. The maximum absolute atomic E-state index is 14.5. The van der Waals surface area contributed by atoms with Crippen LogP contribution < -0.4 is 86.7 Å². The molecule has 35 nitrogen and oxygen atoms in total. The van der Waals surface area contributed by atoms with Gasteiger partial charge in [-0.3, -0.25) is 67.1 Å². The number of benzene rings is 2. The summed E-state index contributed by atoms with van der Waals surface area (Å²) >= 11 is 0. The van der Waals surface area contributed by atoms with Crippen molar-refractivity contribution in [3.05, 3.63) is 71.9 Å². The Morgan fingerprint density at radius 3 is 1.42 bits per heavy atom. The molecule has 12 amide bonds. The third-order valence-corrected chi connectivity index (χ3v) is 15.8. The van der Waals surface area contributed by atoms with E-state index < -0.39 is 200 Å². The summed E-state index contributed by atoms with van der Waals surface area (Å²) < 4.78 is 0. The highest BCUT2D eigenvalue weighted by Crippen LogP contribution is 2.20. The quantitative estimate of drug-likeness (QED) is 0.0251. The topological polar surface area (TPSA) is 584 Å². The molecule has 0 unspecified atom stereocenters. The number of carbonyl (C=O) groups excluding carboxylic acids is 12. The first kappa shape index (κ1) is 82.6. The molecule has 542 valence electrons. The fourth-order valence-electron chi connectivity index (χ4n) is 9.66. The Balaban J connectivity index is 1.87. The van der Waals surface area contributed by atoms with Crippen LogP contribution in [-0.4, -0.2) is 220 Å². The van der Waals surface area contributed by atoms with Gasteiger partial charge in [0, 0.05) is 42.9 Å². The predicted octanol–water partition coefficient (Wildman–Crippen LogP) is -6.30. The van der Waals surface area contributed by atoms with Crippen LogP contribution in [0.15, 0.2) is 60.8 Å². The van der Waals surface area contributed by atoms with Crippen LogP contribution in [0.2, 0.25) is 0 Å². The number of aromatic amines is 1. The number of carboxylic acids is 2. The third-order valence-electron chi connectivity index (χ3n) is 15.8. The first-order valence-corrected chi connectivity index (χ1v) is 32.1. The lowest BCUT2D eigenvalue weighted by atomic mass is 9.96. The number of aliphatic hydroxyl groups is 2. The Labute approximate surface area is 566 Å². The lowest BCUT2D eigenvalue weighted by Crippen LogP contribution is -2.62. The normalized spacial score (nSPS) is 15.2. The maximum atomic E-state index is 14.5. The lowest BCUT2D eigenvalue weighted by molar-refractivity contribution is -0.142. The number of hydrogen-bond acceptors (Lipinski definition) is 20. The zero-order valence-electron chi connectivity index (χ0n) is 55.9. The Hall–Kier alpha value is -9.68. The van der Waals surface area contributed by atoms with Crippen LogP contribution in [0.1, 0.15) is 91.7 Å². The molecular formula is C63H97N17O18. The number of H-pyrrole nitrogens is 1. The van der Waals surface area contributed by atoms with Gasteiger partial charge in [-0.1, -0.05) is 96.5 Å². The molecule has 0 aliphatic rings. The van der Waals surface area contributed by atoms with Crippen molar-refractivity contribution in [1.29, 1.82) is 0 Å². The number of para-hydroxylation sites is 1. The summed E-state index contributed by atoms with van der Waals surface area (Å²) in [5.41, 5.74) is 24.9. The molecular weight excluding hydrogens is 1280 g/mol. The van der Waals surface area contributed by atoms with E-state index in [1.807, 2.05) is 0 Å². The van der Waals surface area contributed by atoms with Crippen molar-refractivity contribution >= 4 is 93.7 Å². The zero-order chi connectivity index (χ0) is 73.5. The fraction of sp³-hybridized carbons (Fsp3) is 0.556. The number of nitrogens with one attached hydrogen (secondary N) is 13. The van der Waals surface area contributed by atoms with Crippen molar-refractivity contribution in [1.82, 2.24) is 68.8 Å². The SMILES string of the molecule is CC[C@H](C)[C@@H](NC(=O)[C@@H](NC(=O)[C@H](CCC(=O)O)NC(=O)[C@H](Cc1ccccc1)NC(=O)[C@@H](CCN)NC(=O)[C@H](CCN)NC(=O)[C@H](CO)NC(=O)[C@@H](Cc1c[nH]c2ccccc12)NC(=O)[C@@H](CO)NC(=O)CNC(=O)[C@@H](CN)NC(=O)[C@H](N)C(C)C)C(C)C)C(=O)N[C@@H](C)C(=O)O. The van der Waals surface area contributed by atoms with Gasteiger partial charge in [0.15, 0.2) is 0 Å². The summed E-state index contributed by atoms with van der Waals surface area (Å²) in [6.45, 7) is 7.32. The Morgan fingerprint density at radius 2 is 0.918 bits per heavy atom. The molecule has 0 saturated carbocycles.